The minimum atomic E-state index is -4.97. The first kappa shape index (κ1) is 106. The van der Waals surface area contributed by atoms with Gasteiger partial charge < -0.3 is 33.8 Å². The highest BCUT2D eigenvalue weighted by Crippen LogP contribution is 2.45. The van der Waals surface area contributed by atoms with Gasteiger partial charge in [-0.25, -0.2) is 9.13 Å². The molecule has 0 bridgehead atoms. The van der Waals surface area contributed by atoms with Crippen LogP contribution in [0.5, 0.6) is 0 Å². The van der Waals surface area contributed by atoms with Crippen LogP contribution in [0, 0.1) is 11.8 Å². The van der Waals surface area contributed by atoms with E-state index in [9.17, 15) is 43.2 Å². The molecule has 108 heavy (non-hydrogen) atoms. The van der Waals surface area contributed by atoms with E-state index in [1.807, 2.05) is 0 Å². The number of hydrogen-bond acceptors (Lipinski definition) is 15. The summed E-state index contributed by atoms with van der Waals surface area (Å²) in [4.78, 5) is 73.3. The summed E-state index contributed by atoms with van der Waals surface area (Å²) in [5.74, 6) is -0.590. The number of ether oxygens (including phenoxy) is 4. The molecule has 19 heteroatoms. The van der Waals surface area contributed by atoms with Crippen molar-refractivity contribution in [2.45, 2.75) is 496 Å². The van der Waals surface area contributed by atoms with Crippen molar-refractivity contribution in [2.24, 2.45) is 11.8 Å². The van der Waals surface area contributed by atoms with Crippen molar-refractivity contribution in [1.29, 1.82) is 0 Å². The molecule has 0 amide bonds. The fraction of sp³-hybridized carbons (Fsp3) is 0.955. The summed E-state index contributed by atoms with van der Waals surface area (Å²) in [5.41, 5.74) is 0. The predicted molar refractivity (Wildman–Crippen MR) is 446 cm³/mol. The third kappa shape index (κ3) is 82.1. The van der Waals surface area contributed by atoms with Crippen molar-refractivity contribution in [2.75, 3.05) is 39.6 Å². The quantitative estimate of drug-likeness (QED) is 0.0222. The normalized spacial score (nSPS) is 13.8. The van der Waals surface area contributed by atoms with Gasteiger partial charge in [-0.1, -0.05) is 427 Å². The second kappa shape index (κ2) is 80.3. The summed E-state index contributed by atoms with van der Waals surface area (Å²) in [6.07, 6.45) is 73.8. The van der Waals surface area contributed by atoms with Crippen molar-refractivity contribution in [3.63, 3.8) is 0 Å². The number of hydrogen-bond donors (Lipinski definition) is 3. The van der Waals surface area contributed by atoms with Crippen LogP contribution < -0.4 is 0 Å². The molecule has 0 aliphatic carbocycles. The number of unbranched alkanes of at least 4 members (excludes halogenated alkanes) is 58. The van der Waals surface area contributed by atoms with Gasteiger partial charge in [0.1, 0.15) is 19.3 Å². The Balaban J connectivity index is 5.23. The summed E-state index contributed by atoms with van der Waals surface area (Å²) in [6.45, 7) is 9.67. The van der Waals surface area contributed by atoms with Crippen molar-refractivity contribution >= 4 is 39.5 Å². The maximum atomic E-state index is 13.2. The number of esters is 4. The molecule has 0 rings (SSSR count). The fourth-order valence-corrected chi connectivity index (χ4v) is 15.5. The van der Waals surface area contributed by atoms with Crippen LogP contribution in [-0.2, 0) is 65.4 Å². The van der Waals surface area contributed by atoms with Crippen molar-refractivity contribution in [3.8, 4) is 0 Å². The van der Waals surface area contributed by atoms with Gasteiger partial charge in [-0.2, -0.15) is 0 Å². The van der Waals surface area contributed by atoms with Gasteiger partial charge >= 0.3 is 39.5 Å². The maximum Gasteiger partial charge on any atom is 0.472 e. The lowest BCUT2D eigenvalue weighted by atomic mass is 10.0. The van der Waals surface area contributed by atoms with E-state index in [0.717, 1.165) is 102 Å². The summed E-state index contributed by atoms with van der Waals surface area (Å²) in [5, 5.41) is 10.7. The lowest BCUT2D eigenvalue weighted by molar-refractivity contribution is -0.161. The standard InChI is InChI=1S/C89H174O17P2/c1-7-9-11-13-15-17-19-21-23-25-27-29-30-32-34-36-38-40-49-55-61-67-73-88(93)105-84(77-99-86(91)71-65-59-53-47-39-37-35-33-31-28-26-24-22-20-18-16-14-12-10-8-2)79-103-107(95,96)101-75-83(90)76-102-108(97,98)104-80-85(106-89(94)74-68-62-56-50-44-42-46-52-58-64-70-82(5)6)78-100-87(92)72-66-60-54-48-43-41-45-51-57-63-69-81(3)4/h81-85,90H,7-80H2,1-6H3,(H,95,96)(H,97,98)/t83-,84-,85-/m1/s1. The number of carbonyl (C=O) groups excluding carboxylic acids is 4. The fourth-order valence-electron chi connectivity index (χ4n) is 14.0. The van der Waals surface area contributed by atoms with Crippen LogP contribution in [0.1, 0.15) is 478 Å². The van der Waals surface area contributed by atoms with E-state index in [4.69, 9.17) is 37.0 Å². The zero-order chi connectivity index (χ0) is 79.2. The largest absolute Gasteiger partial charge is 0.472 e. The van der Waals surface area contributed by atoms with Crippen molar-refractivity contribution in [3.05, 3.63) is 0 Å². The Bertz CT molecular complexity index is 2060. The molecule has 0 saturated heterocycles. The van der Waals surface area contributed by atoms with Crippen LogP contribution in [-0.4, -0.2) is 96.7 Å². The SMILES string of the molecule is CCCCCCCCCCCCCCCCCCCCCCCCC(=O)O[C@H](COC(=O)CCCCCCCCCCCCCCCCCCCCCC)COP(=O)(O)OC[C@@H](O)COP(=O)(O)OC[C@@H](COC(=O)CCCCCCCCCCCCC(C)C)OC(=O)CCCCCCCCCCCCC(C)C. The van der Waals surface area contributed by atoms with Gasteiger partial charge in [0, 0.05) is 25.7 Å². The summed E-state index contributed by atoms with van der Waals surface area (Å²) in [7, 11) is -9.93. The molecule has 0 spiro atoms. The molecule has 642 valence electrons. The summed E-state index contributed by atoms with van der Waals surface area (Å²) < 4.78 is 69.0. The van der Waals surface area contributed by atoms with E-state index in [-0.39, 0.29) is 25.7 Å². The molecule has 5 atom stereocenters. The lowest BCUT2D eigenvalue weighted by Crippen LogP contribution is -2.30. The Kier molecular flexibility index (Phi) is 78.8. The third-order valence-corrected chi connectivity index (χ3v) is 22.9. The van der Waals surface area contributed by atoms with Gasteiger partial charge in [-0.3, -0.25) is 37.3 Å². The highest BCUT2D eigenvalue weighted by atomic mass is 31.2. The monoisotopic (exact) mass is 1580 g/mol. The molecule has 0 saturated carbocycles. The van der Waals surface area contributed by atoms with Crippen LogP contribution in [0.3, 0.4) is 0 Å². The molecule has 0 aromatic rings. The zero-order valence-electron chi connectivity index (χ0n) is 71.2. The molecule has 0 aliphatic rings. The molecule has 0 radical (unpaired) electrons. The lowest BCUT2D eigenvalue weighted by Gasteiger charge is -2.21. The first-order valence-corrected chi connectivity index (χ1v) is 49.0. The molecule has 0 aliphatic heterocycles. The van der Waals surface area contributed by atoms with Crippen LogP contribution in [0.4, 0.5) is 0 Å². The Morgan fingerprint density at radius 3 is 0.630 bits per heavy atom. The van der Waals surface area contributed by atoms with Gasteiger partial charge in [0.25, 0.3) is 0 Å². The van der Waals surface area contributed by atoms with Gasteiger partial charge in [-0.05, 0) is 37.5 Å². The Labute approximate surface area is 664 Å². The smallest absolute Gasteiger partial charge is 0.462 e. The van der Waals surface area contributed by atoms with E-state index in [1.54, 1.807) is 0 Å². The van der Waals surface area contributed by atoms with Crippen molar-refractivity contribution in [1.82, 2.24) is 0 Å². The topological polar surface area (TPSA) is 237 Å². The Hall–Kier alpha value is -1.94. The molecular formula is C89H174O17P2. The highest BCUT2D eigenvalue weighted by molar-refractivity contribution is 7.47. The van der Waals surface area contributed by atoms with E-state index in [0.29, 0.717) is 25.7 Å². The Morgan fingerprint density at radius 2 is 0.426 bits per heavy atom. The Morgan fingerprint density at radius 1 is 0.250 bits per heavy atom. The second-order valence-electron chi connectivity index (χ2n) is 32.9. The van der Waals surface area contributed by atoms with Crippen LogP contribution in [0.2, 0.25) is 0 Å². The number of rotatable bonds is 88. The molecule has 0 fully saturated rings. The van der Waals surface area contributed by atoms with E-state index >= 15 is 0 Å². The van der Waals surface area contributed by atoms with Crippen molar-refractivity contribution < 1.29 is 80.2 Å². The van der Waals surface area contributed by atoms with Crippen LogP contribution >= 0.6 is 15.6 Å². The van der Waals surface area contributed by atoms with Gasteiger partial charge in [0.15, 0.2) is 12.2 Å². The predicted octanol–water partition coefficient (Wildman–Crippen LogP) is 27.4. The average Bonchev–Trinajstić information content (AvgIpc) is 0.896. The molecule has 0 aromatic heterocycles. The number of phosphoric ester groups is 2. The molecule has 0 heterocycles. The van der Waals surface area contributed by atoms with Gasteiger partial charge in [-0.15, -0.1) is 0 Å². The summed E-state index contributed by atoms with van der Waals surface area (Å²) in [6, 6.07) is 0. The second-order valence-corrected chi connectivity index (χ2v) is 35.8. The van der Waals surface area contributed by atoms with E-state index < -0.39 is 97.5 Å². The third-order valence-electron chi connectivity index (χ3n) is 21.0. The molecule has 2 unspecified atom stereocenters. The van der Waals surface area contributed by atoms with Crippen LogP contribution in [0.15, 0.2) is 0 Å². The molecule has 0 aromatic carbocycles. The number of carbonyl (C=O) groups is 4. The minimum Gasteiger partial charge on any atom is -0.462 e. The first-order chi connectivity index (χ1) is 52.4. The number of aliphatic hydroxyl groups excluding tert-OH is 1. The van der Waals surface area contributed by atoms with E-state index in [2.05, 4.69) is 41.5 Å². The van der Waals surface area contributed by atoms with E-state index in [1.165, 1.54) is 295 Å². The number of phosphoric acid groups is 2. The highest BCUT2D eigenvalue weighted by Gasteiger charge is 2.31. The molecule has 17 nitrogen and oxygen atoms in total. The molecule has 3 N–H and O–H groups in total. The molecular weight excluding hydrogens is 1400 g/mol. The van der Waals surface area contributed by atoms with Crippen LogP contribution in [0.25, 0.3) is 0 Å². The maximum absolute atomic E-state index is 13.2. The summed E-state index contributed by atoms with van der Waals surface area (Å²) >= 11 is 0. The first-order valence-electron chi connectivity index (χ1n) is 46.0. The number of aliphatic hydroxyl groups is 1. The minimum absolute atomic E-state index is 0.106. The van der Waals surface area contributed by atoms with Gasteiger partial charge in [0.2, 0.25) is 0 Å². The van der Waals surface area contributed by atoms with Gasteiger partial charge in [0.05, 0.1) is 26.4 Å². The average molecular weight is 1580 g/mol. The zero-order valence-corrected chi connectivity index (χ0v) is 73.0.